The molecule has 0 atom stereocenters. The third-order valence-corrected chi connectivity index (χ3v) is 4.62. The molecule has 6 heteroatoms. The number of anilines is 2. The Morgan fingerprint density at radius 1 is 1.19 bits per heavy atom. The summed E-state index contributed by atoms with van der Waals surface area (Å²) in [5.41, 5.74) is 3.16. The van der Waals surface area contributed by atoms with Crippen molar-refractivity contribution in [1.82, 2.24) is 10.3 Å². The smallest absolute Gasteiger partial charge is 0.252 e. The van der Waals surface area contributed by atoms with Crippen LogP contribution in [0.5, 0.6) is 0 Å². The number of amides is 1. The van der Waals surface area contributed by atoms with Crippen LogP contribution in [0.3, 0.4) is 0 Å². The number of hydrogen-bond acceptors (Lipinski definition) is 3. The Kier molecular flexibility index (Phi) is 6.23. The van der Waals surface area contributed by atoms with E-state index >= 15 is 0 Å². The number of halogens is 2. The number of carbonyl (C=O) groups is 1. The molecule has 0 unspecified atom stereocenters. The number of carbonyl (C=O) groups excluding carboxylic acids is 1. The molecule has 0 bridgehead atoms. The second-order valence-electron chi connectivity index (χ2n) is 6.33. The van der Waals surface area contributed by atoms with Crippen LogP contribution < -0.4 is 10.6 Å². The predicted molar refractivity (Wildman–Crippen MR) is 102 cm³/mol. The lowest BCUT2D eigenvalue weighted by Gasteiger charge is -2.13. The second-order valence-corrected chi connectivity index (χ2v) is 6.74. The summed E-state index contributed by atoms with van der Waals surface area (Å²) >= 11 is 5.78. The van der Waals surface area contributed by atoms with Crippen molar-refractivity contribution in [3.05, 3.63) is 64.7 Å². The number of rotatable bonds is 6. The van der Waals surface area contributed by atoms with Gasteiger partial charge in [-0.2, -0.15) is 0 Å². The highest BCUT2D eigenvalue weighted by molar-refractivity contribution is 6.31. The Morgan fingerprint density at radius 3 is 2.85 bits per heavy atom. The molecule has 0 saturated carbocycles. The highest BCUT2D eigenvalue weighted by atomic mass is 35.5. The lowest BCUT2D eigenvalue weighted by molar-refractivity contribution is 0.0953. The Hall–Kier alpha value is -2.40. The standard InChI is InChI=1S/C20H21ClFN3O/c21-18-11-16(6-7-19(18)22)25-17-10-15(12-23-13-17)20(26)24-9-8-14-4-2-1-3-5-14/h4,6-7,10-13,25H,1-3,5,8-9H2,(H,24,26). The van der Waals surface area contributed by atoms with Gasteiger partial charge in [0.25, 0.3) is 5.91 Å². The molecular weight excluding hydrogens is 353 g/mol. The van der Waals surface area contributed by atoms with Crippen LogP contribution in [0.2, 0.25) is 5.02 Å². The fraction of sp³-hybridized carbons (Fsp3) is 0.300. The second kappa shape index (κ2) is 8.81. The van der Waals surface area contributed by atoms with Crippen LogP contribution in [0.1, 0.15) is 42.5 Å². The highest BCUT2D eigenvalue weighted by Crippen LogP contribution is 2.23. The molecule has 1 amide bonds. The maximum Gasteiger partial charge on any atom is 0.252 e. The molecule has 4 nitrogen and oxygen atoms in total. The van der Waals surface area contributed by atoms with Crippen molar-refractivity contribution in [1.29, 1.82) is 0 Å². The van der Waals surface area contributed by atoms with Gasteiger partial charge >= 0.3 is 0 Å². The van der Waals surface area contributed by atoms with Crippen molar-refractivity contribution in [3.63, 3.8) is 0 Å². The average molecular weight is 374 g/mol. The van der Waals surface area contributed by atoms with E-state index < -0.39 is 5.82 Å². The zero-order valence-electron chi connectivity index (χ0n) is 14.4. The van der Waals surface area contributed by atoms with Crippen molar-refractivity contribution in [3.8, 4) is 0 Å². The van der Waals surface area contributed by atoms with E-state index in [1.165, 1.54) is 36.7 Å². The SMILES string of the molecule is O=C(NCCC1=CCCCC1)c1cncc(Nc2ccc(F)c(Cl)c2)c1. The van der Waals surface area contributed by atoms with Gasteiger partial charge in [-0.1, -0.05) is 23.3 Å². The van der Waals surface area contributed by atoms with Crippen LogP contribution in [0, 0.1) is 5.82 Å². The molecule has 1 aromatic heterocycles. The number of nitrogens with one attached hydrogen (secondary N) is 2. The molecule has 0 aliphatic heterocycles. The van der Waals surface area contributed by atoms with Gasteiger partial charge in [-0.25, -0.2) is 4.39 Å². The Bertz CT molecular complexity index is 822. The van der Waals surface area contributed by atoms with E-state index in [1.54, 1.807) is 18.3 Å². The van der Waals surface area contributed by atoms with Gasteiger partial charge in [0.2, 0.25) is 0 Å². The molecule has 1 aliphatic rings. The largest absolute Gasteiger partial charge is 0.354 e. The van der Waals surface area contributed by atoms with E-state index in [9.17, 15) is 9.18 Å². The number of hydrogen-bond donors (Lipinski definition) is 2. The molecule has 0 radical (unpaired) electrons. The molecule has 2 N–H and O–H groups in total. The van der Waals surface area contributed by atoms with E-state index in [0.717, 1.165) is 19.3 Å². The Balaban J connectivity index is 1.58. The molecule has 3 rings (SSSR count). The van der Waals surface area contributed by atoms with Gasteiger partial charge in [0, 0.05) is 18.4 Å². The molecule has 26 heavy (non-hydrogen) atoms. The maximum atomic E-state index is 13.2. The van der Waals surface area contributed by atoms with Gasteiger partial charge in [-0.05, 0) is 56.4 Å². The van der Waals surface area contributed by atoms with Gasteiger partial charge in [0.05, 0.1) is 22.5 Å². The van der Waals surface area contributed by atoms with Crippen LogP contribution in [0.4, 0.5) is 15.8 Å². The summed E-state index contributed by atoms with van der Waals surface area (Å²) in [6.45, 7) is 0.621. The van der Waals surface area contributed by atoms with Gasteiger partial charge < -0.3 is 10.6 Å². The molecule has 0 saturated heterocycles. The predicted octanol–water partition coefficient (Wildman–Crippen LogP) is 5.24. The first-order chi connectivity index (χ1) is 12.6. The quantitative estimate of drug-likeness (QED) is 0.681. The fourth-order valence-corrected chi connectivity index (χ4v) is 3.12. The van der Waals surface area contributed by atoms with E-state index in [1.807, 2.05) is 0 Å². The first kappa shape index (κ1) is 18.4. The minimum atomic E-state index is -0.475. The molecule has 136 valence electrons. The van der Waals surface area contributed by atoms with Crippen LogP contribution in [0.25, 0.3) is 0 Å². The van der Waals surface area contributed by atoms with Crippen molar-refractivity contribution < 1.29 is 9.18 Å². The summed E-state index contributed by atoms with van der Waals surface area (Å²) < 4.78 is 13.2. The molecule has 2 aromatic rings. The zero-order valence-corrected chi connectivity index (χ0v) is 15.2. The lowest BCUT2D eigenvalue weighted by Crippen LogP contribution is -2.25. The summed E-state index contributed by atoms with van der Waals surface area (Å²) in [7, 11) is 0. The number of pyridine rings is 1. The first-order valence-corrected chi connectivity index (χ1v) is 9.13. The van der Waals surface area contributed by atoms with Crippen molar-refractivity contribution in [2.75, 3.05) is 11.9 Å². The van der Waals surface area contributed by atoms with Gasteiger partial charge in [-0.3, -0.25) is 9.78 Å². The van der Waals surface area contributed by atoms with Gasteiger partial charge in [0.1, 0.15) is 5.82 Å². The Morgan fingerprint density at radius 2 is 2.08 bits per heavy atom. The highest BCUT2D eigenvalue weighted by Gasteiger charge is 2.09. The van der Waals surface area contributed by atoms with E-state index in [-0.39, 0.29) is 10.9 Å². The number of nitrogens with zero attached hydrogens (tertiary/aromatic N) is 1. The average Bonchev–Trinajstić information content (AvgIpc) is 2.66. The number of allylic oxidation sites excluding steroid dienone is 1. The van der Waals surface area contributed by atoms with Crippen LogP contribution in [-0.2, 0) is 0 Å². The van der Waals surface area contributed by atoms with E-state index in [0.29, 0.717) is 23.5 Å². The fourth-order valence-electron chi connectivity index (χ4n) is 2.94. The van der Waals surface area contributed by atoms with Gasteiger partial charge in [-0.15, -0.1) is 0 Å². The van der Waals surface area contributed by atoms with Crippen molar-refractivity contribution >= 4 is 28.9 Å². The normalized spacial score (nSPS) is 13.8. The topological polar surface area (TPSA) is 54.0 Å². The molecule has 0 fully saturated rings. The van der Waals surface area contributed by atoms with Crippen molar-refractivity contribution in [2.45, 2.75) is 32.1 Å². The Labute approximate surface area is 157 Å². The zero-order chi connectivity index (χ0) is 18.4. The summed E-state index contributed by atoms with van der Waals surface area (Å²) in [6, 6.07) is 6.06. The maximum absolute atomic E-state index is 13.2. The third-order valence-electron chi connectivity index (χ3n) is 4.33. The van der Waals surface area contributed by atoms with Crippen molar-refractivity contribution in [2.24, 2.45) is 0 Å². The van der Waals surface area contributed by atoms with E-state index in [2.05, 4.69) is 21.7 Å². The summed E-state index contributed by atoms with van der Waals surface area (Å²) in [6.07, 6.45) is 11.1. The lowest BCUT2D eigenvalue weighted by atomic mass is 9.97. The number of benzene rings is 1. The number of aromatic nitrogens is 1. The third kappa shape index (κ3) is 5.05. The monoisotopic (exact) mass is 373 g/mol. The molecular formula is C20H21ClFN3O. The minimum absolute atomic E-state index is 0.0360. The van der Waals surface area contributed by atoms with E-state index in [4.69, 9.17) is 11.6 Å². The summed E-state index contributed by atoms with van der Waals surface area (Å²) in [5, 5.41) is 6.04. The minimum Gasteiger partial charge on any atom is -0.354 e. The summed E-state index contributed by atoms with van der Waals surface area (Å²) in [5.74, 6) is -0.633. The van der Waals surface area contributed by atoms with Crippen LogP contribution >= 0.6 is 11.6 Å². The van der Waals surface area contributed by atoms with Crippen LogP contribution in [-0.4, -0.2) is 17.4 Å². The first-order valence-electron chi connectivity index (χ1n) is 8.75. The molecule has 1 aliphatic carbocycles. The van der Waals surface area contributed by atoms with Gasteiger partial charge in [0.15, 0.2) is 0 Å². The summed E-state index contributed by atoms with van der Waals surface area (Å²) in [4.78, 5) is 16.4. The molecule has 1 aromatic carbocycles. The molecule has 1 heterocycles. The molecule has 0 spiro atoms. The van der Waals surface area contributed by atoms with Crippen LogP contribution in [0.15, 0.2) is 48.3 Å².